The standard InChI is InChI=1S/C13H21N3O2S/c1-10(2)15-19(17,18)16-13-5-3-11(4-6-13)9-14-12-7-8-12/h3-6,10,12,14-16H,7-9H2,1-2H3. The van der Waals surface area contributed by atoms with Crippen LogP contribution in [-0.2, 0) is 16.8 Å². The van der Waals surface area contributed by atoms with E-state index in [2.05, 4.69) is 14.8 Å². The van der Waals surface area contributed by atoms with Crippen molar-refractivity contribution in [3.05, 3.63) is 29.8 Å². The summed E-state index contributed by atoms with van der Waals surface area (Å²) in [6, 6.07) is 7.98. The first-order chi connectivity index (χ1) is 8.94. The molecule has 0 radical (unpaired) electrons. The molecule has 0 spiro atoms. The Morgan fingerprint density at radius 2 is 1.84 bits per heavy atom. The Bertz CT molecular complexity index is 507. The van der Waals surface area contributed by atoms with Crippen molar-refractivity contribution >= 4 is 15.9 Å². The lowest BCUT2D eigenvalue weighted by Crippen LogP contribution is -2.35. The molecule has 1 aromatic rings. The third-order valence-corrected chi connectivity index (χ3v) is 4.06. The first-order valence-electron chi connectivity index (χ1n) is 6.57. The van der Waals surface area contributed by atoms with E-state index in [1.807, 2.05) is 12.1 Å². The van der Waals surface area contributed by atoms with Gasteiger partial charge >= 0.3 is 0 Å². The fourth-order valence-corrected chi connectivity index (χ4v) is 2.86. The normalized spacial score (nSPS) is 15.7. The molecule has 6 heteroatoms. The summed E-state index contributed by atoms with van der Waals surface area (Å²) in [6.45, 7) is 4.40. The topological polar surface area (TPSA) is 70.2 Å². The molecule has 106 valence electrons. The quantitative estimate of drug-likeness (QED) is 0.712. The molecule has 1 aliphatic rings. The van der Waals surface area contributed by atoms with Crippen molar-refractivity contribution in [1.29, 1.82) is 0 Å². The molecule has 0 bridgehead atoms. The van der Waals surface area contributed by atoms with E-state index in [0.717, 1.165) is 12.1 Å². The van der Waals surface area contributed by atoms with E-state index in [-0.39, 0.29) is 6.04 Å². The van der Waals surface area contributed by atoms with Crippen molar-refractivity contribution in [2.75, 3.05) is 4.72 Å². The van der Waals surface area contributed by atoms with E-state index in [1.165, 1.54) is 12.8 Å². The second-order valence-corrected chi connectivity index (χ2v) is 6.68. The third-order valence-electron chi connectivity index (χ3n) is 2.77. The SMILES string of the molecule is CC(C)NS(=O)(=O)Nc1ccc(CNC2CC2)cc1. The van der Waals surface area contributed by atoms with Crippen LogP contribution in [0.15, 0.2) is 24.3 Å². The van der Waals surface area contributed by atoms with Crippen molar-refractivity contribution in [1.82, 2.24) is 10.0 Å². The van der Waals surface area contributed by atoms with Crippen LogP contribution in [-0.4, -0.2) is 20.5 Å². The number of hydrogen-bond donors (Lipinski definition) is 3. The molecule has 1 saturated carbocycles. The second kappa shape index (κ2) is 5.90. The van der Waals surface area contributed by atoms with Crippen molar-refractivity contribution < 1.29 is 8.42 Å². The van der Waals surface area contributed by atoms with E-state index >= 15 is 0 Å². The third kappa shape index (κ3) is 5.18. The monoisotopic (exact) mass is 283 g/mol. The van der Waals surface area contributed by atoms with Gasteiger partial charge in [0.15, 0.2) is 0 Å². The molecule has 0 saturated heterocycles. The summed E-state index contributed by atoms with van der Waals surface area (Å²) in [5, 5.41) is 3.42. The van der Waals surface area contributed by atoms with Crippen LogP contribution < -0.4 is 14.8 Å². The van der Waals surface area contributed by atoms with Crippen LogP contribution in [0.25, 0.3) is 0 Å². The first-order valence-corrected chi connectivity index (χ1v) is 8.05. The molecule has 1 aliphatic carbocycles. The Balaban J connectivity index is 1.90. The summed E-state index contributed by atoms with van der Waals surface area (Å²) >= 11 is 0. The van der Waals surface area contributed by atoms with Gasteiger partial charge in [0.1, 0.15) is 0 Å². The summed E-state index contributed by atoms with van der Waals surface area (Å²) in [5.74, 6) is 0. The number of rotatable bonds is 7. The Labute approximate surface area is 115 Å². The Morgan fingerprint density at radius 3 is 2.37 bits per heavy atom. The van der Waals surface area contributed by atoms with Gasteiger partial charge in [0.2, 0.25) is 0 Å². The predicted molar refractivity (Wildman–Crippen MR) is 77.1 cm³/mol. The Kier molecular flexibility index (Phi) is 4.44. The first kappa shape index (κ1) is 14.3. The van der Waals surface area contributed by atoms with Crippen LogP contribution >= 0.6 is 0 Å². The summed E-state index contributed by atoms with van der Waals surface area (Å²) in [5.41, 5.74) is 1.73. The van der Waals surface area contributed by atoms with Crippen LogP contribution in [0.5, 0.6) is 0 Å². The zero-order chi connectivity index (χ0) is 13.9. The maximum absolute atomic E-state index is 11.7. The molecule has 2 rings (SSSR count). The minimum atomic E-state index is -3.48. The predicted octanol–water partition coefficient (Wildman–Crippen LogP) is 1.59. The Morgan fingerprint density at radius 1 is 1.21 bits per heavy atom. The minimum Gasteiger partial charge on any atom is -0.310 e. The molecule has 0 unspecified atom stereocenters. The van der Waals surface area contributed by atoms with Crippen molar-refractivity contribution in [3.63, 3.8) is 0 Å². The van der Waals surface area contributed by atoms with Gasteiger partial charge in [-0.3, -0.25) is 4.72 Å². The van der Waals surface area contributed by atoms with Gasteiger partial charge in [0, 0.05) is 24.3 Å². The van der Waals surface area contributed by atoms with Gasteiger partial charge in [-0.2, -0.15) is 13.1 Å². The number of nitrogens with one attached hydrogen (secondary N) is 3. The van der Waals surface area contributed by atoms with E-state index in [1.54, 1.807) is 26.0 Å². The highest BCUT2D eigenvalue weighted by molar-refractivity contribution is 7.90. The summed E-state index contributed by atoms with van der Waals surface area (Å²) < 4.78 is 28.3. The molecule has 5 nitrogen and oxygen atoms in total. The molecule has 0 atom stereocenters. The average molecular weight is 283 g/mol. The Hall–Kier alpha value is -1.11. The van der Waals surface area contributed by atoms with Gasteiger partial charge in [-0.1, -0.05) is 12.1 Å². The maximum Gasteiger partial charge on any atom is 0.299 e. The lowest BCUT2D eigenvalue weighted by molar-refractivity contribution is 0.575. The van der Waals surface area contributed by atoms with Gasteiger partial charge in [-0.15, -0.1) is 0 Å². The van der Waals surface area contributed by atoms with Gasteiger partial charge < -0.3 is 5.32 Å². The van der Waals surface area contributed by atoms with Crippen molar-refractivity contribution in [3.8, 4) is 0 Å². The highest BCUT2D eigenvalue weighted by atomic mass is 32.2. The van der Waals surface area contributed by atoms with Crippen LogP contribution in [0.4, 0.5) is 5.69 Å². The number of benzene rings is 1. The minimum absolute atomic E-state index is 0.125. The average Bonchev–Trinajstić information content (AvgIpc) is 3.09. The highest BCUT2D eigenvalue weighted by Crippen LogP contribution is 2.19. The molecular weight excluding hydrogens is 262 g/mol. The van der Waals surface area contributed by atoms with Crippen LogP contribution in [0, 0.1) is 0 Å². The second-order valence-electron chi connectivity index (χ2n) is 5.23. The molecule has 3 N–H and O–H groups in total. The smallest absolute Gasteiger partial charge is 0.299 e. The zero-order valence-electron chi connectivity index (χ0n) is 11.3. The molecule has 0 amide bonds. The fraction of sp³-hybridized carbons (Fsp3) is 0.538. The number of hydrogen-bond acceptors (Lipinski definition) is 3. The van der Waals surface area contributed by atoms with Crippen LogP contribution in [0.2, 0.25) is 0 Å². The molecule has 1 aromatic carbocycles. The molecule has 19 heavy (non-hydrogen) atoms. The van der Waals surface area contributed by atoms with Gasteiger partial charge in [0.05, 0.1) is 0 Å². The van der Waals surface area contributed by atoms with Gasteiger partial charge in [-0.05, 0) is 44.4 Å². The van der Waals surface area contributed by atoms with Gasteiger partial charge in [-0.25, -0.2) is 0 Å². The summed E-state index contributed by atoms with van der Waals surface area (Å²) in [4.78, 5) is 0. The maximum atomic E-state index is 11.7. The van der Waals surface area contributed by atoms with Crippen LogP contribution in [0.3, 0.4) is 0 Å². The molecule has 0 heterocycles. The molecule has 0 aliphatic heterocycles. The summed E-state index contributed by atoms with van der Waals surface area (Å²) in [6.07, 6.45) is 2.53. The molecule has 0 aromatic heterocycles. The highest BCUT2D eigenvalue weighted by Gasteiger charge is 2.19. The zero-order valence-corrected chi connectivity index (χ0v) is 12.1. The lowest BCUT2D eigenvalue weighted by atomic mass is 10.2. The van der Waals surface area contributed by atoms with Crippen LogP contribution in [0.1, 0.15) is 32.3 Å². The fourth-order valence-electron chi connectivity index (χ4n) is 1.74. The molecule has 1 fully saturated rings. The van der Waals surface area contributed by atoms with E-state index < -0.39 is 10.2 Å². The number of anilines is 1. The van der Waals surface area contributed by atoms with Crippen molar-refractivity contribution in [2.45, 2.75) is 45.3 Å². The van der Waals surface area contributed by atoms with E-state index in [4.69, 9.17) is 0 Å². The lowest BCUT2D eigenvalue weighted by Gasteiger charge is -2.12. The van der Waals surface area contributed by atoms with E-state index in [9.17, 15) is 8.42 Å². The van der Waals surface area contributed by atoms with E-state index in [0.29, 0.717) is 11.7 Å². The van der Waals surface area contributed by atoms with Crippen molar-refractivity contribution in [2.24, 2.45) is 0 Å². The molecular formula is C13H21N3O2S. The van der Waals surface area contributed by atoms with Gasteiger partial charge in [0.25, 0.3) is 10.2 Å². The largest absolute Gasteiger partial charge is 0.310 e. The summed E-state index contributed by atoms with van der Waals surface area (Å²) in [7, 11) is -3.48.